The molecule has 3 rings (SSSR count). The van der Waals surface area contributed by atoms with Crippen LogP contribution >= 0.6 is 0 Å². The van der Waals surface area contributed by atoms with Gasteiger partial charge in [0.25, 0.3) is 0 Å². The van der Waals surface area contributed by atoms with E-state index in [-0.39, 0.29) is 17.5 Å². The molecule has 110 valence electrons. The molecule has 1 N–H and O–H groups in total. The third-order valence-corrected chi connectivity index (χ3v) is 6.48. The molecule has 2 aliphatic rings. The predicted octanol–water partition coefficient (Wildman–Crippen LogP) is 2.48. The van der Waals surface area contributed by atoms with Crippen LogP contribution < -0.4 is 5.32 Å². The van der Waals surface area contributed by atoms with Gasteiger partial charge in [0.05, 0.1) is 11.5 Å². The van der Waals surface area contributed by atoms with Gasteiger partial charge in [-0.2, -0.15) is 0 Å². The zero-order chi connectivity index (χ0) is 14.4. The molecule has 0 aromatic heterocycles. The SMILES string of the molecule is CC1(C)Cc2ccccc2C1NC1CCCS(=O)(=O)C1. The Balaban J connectivity index is 1.83. The summed E-state index contributed by atoms with van der Waals surface area (Å²) in [5.41, 5.74) is 2.89. The molecule has 1 aliphatic carbocycles. The molecule has 0 bridgehead atoms. The number of fused-ring (bicyclic) bond motifs is 1. The highest BCUT2D eigenvalue weighted by molar-refractivity contribution is 7.91. The standard InChI is InChI=1S/C16H23NO2S/c1-16(2)10-12-6-3-4-8-14(12)15(16)17-13-7-5-9-20(18,19)11-13/h3-4,6,8,13,15,17H,5,7,9-11H2,1-2H3. The molecule has 20 heavy (non-hydrogen) atoms. The molecule has 0 saturated carbocycles. The number of sulfone groups is 1. The van der Waals surface area contributed by atoms with Crippen molar-refractivity contribution in [2.75, 3.05) is 11.5 Å². The van der Waals surface area contributed by atoms with Crippen LogP contribution in [0.2, 0.25) is 0 Å². The first-order valence-corrected chi connectivity index (χ1v) is 9.24. The molecular formula is C16H23NO2S. The summed E-state index contributed by atoms with van der Waals surface area (Å²) in [5.74, 6) is 0.650. The Bertz CT molecular complexity index is 607. The van der Waals surface area contributed by atoms with E-state index in [1.807, 2.05) is 0 Å². The van der Waals surface area contributed by atoms with Crippen molar-refractivity contribution in [1.29, 1.82) is 0 Å². The number of nitrogens with one attached hydrogen (secondary N) is 1. The van der Waals surface area contributed by atoms with Crippen molar-refractivity contribution in [2.24, 2.45) is 5.41 Å². The average Bonchev–Trinajstić information content (AvgIpc) is 2.59. The Labute approximate surface area is 121 Å². The summed E-state index contributed by atoms with van der Waals surface area (Å²) in [5, 5.41) is 3.64. The fraction of sp³-hybridized carbons (Fsp3) is 0.625. The Morgan fingerprint density at radius 3 is 2.75 bits per heavy atom. The molecule has 1 saturated heterocycles. The van der Waals surface area contributed by atoms with Crippen molar-refractivity contribution in [3.8, 4) is 0 Å². The van der Waals surface area contributed by atoms with Gasteiger partial charge in [0.15, 0.2) is 9.84 Å². The second kappa shape index (κ2) is 4.85. The maximum Gasteiger partial charge on any atom is 0.151 e. The fourth-order valence-electron chi connectivity index (χ4n) is 3.70. The highest BCUT2D eigenvalue weighted by Gasteiger charge is 2.40. The van der Waals surface area contributed by atoms with Crippen molar-refractivity contribution in [1.82, 2.24) is 5.32 Å². The van der Waals surface area contributed by atoms with E-state index in [0.29, 0.717) is 11.5 Å². The first-order valence-electron chi connectivity index (χ1n) is 7.42. The van der Waals surface area contributed by atoms with Gasteiger partial charge in [0, 0.05) is 12.1 Å². The largest absolute Gasteiger partial charge is 0.306 e. The maximum absolute atomic E-state index is 11.8. The van der Waals surface area contributed by atoms with Crippen molar-refractivity contribution in [3.63, 3.8) is 0 Å². The van der Waals surface area contributed by atoms with Crippen molar-refractivity contribution < 1.29 is 8.42 Å². The van der Waals surface area contributed by atoms with Crippen LogP contribution in [-0.2, 0) is 16.3 Å². The molecular weight excluding hydrogens is 270 g/mol. The van der Waals surface area contributed by atoms with E-state index in [9.17, 15) is 8.42 Å². The first-order chi connectivity index (χ1) is 9.37. The van der Waals surface area contributed by atoms with Gasteiger partial charge in [-0.25, -0.2) is 8.42 Å². The van der Waals surface area contributed by atoms with E-state index in [1.165, 1.54) is 11.1 Å². The third kappa shape index (κ3) is 2.63. The Hall–Kier alpha value is -0.870. The molecule has 1 aromatic rings. The second-order valence-corrected chi connectivity index (χ2v) is 9.15. The van der Waals surface area contributed by atoms with Crippen LogP contribution in [0.5, 0.6) is 0 Å². The zero-order valence-electron chi connectivity index (χ0n) is 12.2. The number of rotatable bonds is 2. The minimum atomic E-state index is -2.85. The van der Waals surface area contributed by atoms with Crippen LogP contribution in [0.25, 0.3) is 0 Å². The summed E-state index contributed by atoms with van der Waals surface area (Å²) < 4.78 is 23.6. The van der Waals surface area contributed by atoms with Gasteiger partial charge in [-0.15, -0.1) is 0 Å². The van der Waals surface area contributed by atoms with Gasteiger partial charge in [-0.1, -0.05) is 38.1 Å². The molecule has 4 heteroatoms. The Morgan fingerprint density at radius 1 is 1.25 bits per heavy atom. The number of hydrogen-bond acceptors (Lipinski definition) is 3. The van der Waals surface area contributed by atoms with E-state index in [0.717, 1.165) is 19.3 Å². The van der Waals surface area contributed by atoms with Crippen molar-refractivity contribution in [3.05, 3.63) is 35.4 Å². The zero-order valence-corrected chi connectivity index (χ0v) is 13.0. The molecule has 1 aromatic carbocycles. The van der Waals surface area contributed by atoms with Gasteiger partial charge in [-0.05, 0) is 35.8 Å². The lowest BCUT2D eigenvalue weighted by molar-refractivity contribution is 0.246. The first kappa shape index (κ1) is 14.1. The quantitative estimate of drug-likeness (QED) is 0.911. The monoisotopic (exact) mass is 293 g/mol. The van der Waals surface area contributed by atoms with E-state index >= 15 is 0 Å². The lowest BCUT2D eigenvalue weighted by Crippen LogP contribution is -2.44. The van der Waals surface area contributed by atoms with Crippen LogP contribution in [0.4, 0.5) is 0 Å². The Morgan fingerprint density at radius 2 is 2.00 bits per heavy atom. The summed E-state index contributed by atoms with van der Waals surface area (Å²) >= 11 is 0. The van der Waals surface area contributed by atoms with E-state index < -0.39 is 9.84 Å². The molecule has 3 nitrogen and oxygen atoms in total. The van der Waals surface area contributed by atoms with Gasteiger partial charge in [0.1, 0.15) is 0 Å². The summed E-state index contributed by atoms with van der Waals surface area (Å²) in [6.07, 6.45) is 2.81. The van der Waals surface area contributed by atoms with E-state index in [1.54, 1.807) is 0 Å². The predicted molar refractivity (Wildman–Crippen MR) is 81.5 cm³/mol. The second-order valence-electron chi connectivity index (χ2n) is 6.92. The highest BCUT2D eigenvalue weighted by atomic mass is 32.2. The molecule has 1 fully saturated rings. The summed E-state index contributed by atoms with van der Waals surface area (Å²) in [6, 6.07) is 8.89. The van der Waals surface area contributed by atoms with Crippen LogP contribution in [0.1, 0.15) is 43.9 Å². The summed E-state index contributed by atoms with van der Waals surface area (Å²) in [7, 11) is -2.85. The maximum atomic E-state index is 11.8. The van der Waals surface area contributed by atoms with Crippen LogP contribution in [0.15, 0.2) is 24.3 Å². The topological polar surface area (TPSA) is 46.2 Å². The van der Waals surface area contributed by atoms with Gasteiger partial charge < -0.3 is 5.32 Å². The normalized spacial score (nSPS) is 30.9. The van der Waals surface area contributed by atoms with Crippen LogP contribution in [0.3, 0.4) is 0 Å². The number of benzene rings is 1. The minimum absolute atomic E-state index is 0.101. The highest BCUT2D eigenvalue weighted by Crippen LogP contribution is 2.45. The third-order valence-electron chi connectivity index (χ3n) is 4.66. The van der Waals surface area contributed by atoms with Gasteiger partial charge >= 0.3 is 0 Å². The van der Waals surface area contributed by atoms with Crippen molar-refractivity contribution in [2.45, 2.75) is 45.2 Å². The summed E-state index contributed by atoms with van der Waals surface area (Å²) in [6.45, 7) is 4.53. The molecule has 1 heterocycles. The lowest BCUT2D eigenvalue weighted by atomic mass is 9.85. The summed E-state index contributed by atoms with van der Waals surface area (Å²) in [4.78, 5) is 0. The van der Waals surface area contributed by atoms with Gasteiger partial charge in [0.2, 0.25) is 0 Å². The minimum Gasteiger partial charge on any atom is -0.306 e. The molecule has 2 unspecified atom stereocenters. The smallest absolute Gasteiger partial charge is 0.151 e. The molecule has 0 amide bonds. The van der Waals surface area contributed by atoms with E-state index in [4.69, 9.17) is 0 Å². The molecule has 0 spiro atoms. The molecule has 0 radical (unpaired) electrons. The van der Waals surface area contributed by atoms with E-state index in [2.05, 4.69) is 43.4 Å². The molecule has 1 aliphatic heterocycles. The van der Waals surface area contributed by atoms with Gasteiger partial charge in [-0.3, -0.25) is 0 Å². The Kier molecular flexibility index (Phi) is 3.41. The fourth-order valence-corrected chi connectivity index (χ4v) is 5.35. The average molecular weight is 293 g/mol. The van der Waals surface area contributed by atoms with Crippen molar-refractivity contribution >= 4 is 9.84 Å². The molecule has 2 atom stereocenters. The van der Waals surface area contributed by atoms with Crippen LogP contribution in [-0.4, -0.2) is 26.0 Å². The lowest BCUT2D eigenvalue weighted by Gasteiger charge is -2.34. The number of hydrogen-bond donors (Lipinski definition) is 1. The van der Waals surface area contributed by atoms with Crippen LogP contribution in [0, 0.1) is 5.41 Å².